The average molecular weight is 834 g/mol. The van der Waals surface area contributed by atoms with Crippen molar-refractivity contribution in [2.45, 2.75) is 174 Å². The molecule has 0 aliphatic carbocycles. The molecule has 0 fully saturated rings. The summed E-state index contributed by atoms with van der Waals surface area (Å²) in [6.07, 6.45) is 49.5. The number of rotatable bonds is 40. The number of allylic oxidation sites excluding steroid dienone is 12. The number of unbranched alkanes of at least 4 members (excludes halogenated alkanes) is 14. The van der Waals surface area contributed by atoms with E-state index in [2.05, 4.69) is 74.6 Å². The van der Waals surface area contributed by atoms with E-state index in [1.54, 1.807) is 0 Å². The Morgan fingerprint density at radius 1 is 0.534 bits per heavy atom. The SMILES string of the molecule is CCCCC/C=C/C/C=C/C/C=C/C/C=C/C/C=C/CCC(=O)O[C@H](COC(=O)CCCCC/C=C/CCCCCCCCCC)COP(=O)([O-])OCC[N+](C)(C)C. The summed E-state index contributed by atoms with van der Waals surface area (Å²) in [5.74, 6) is -0.954. The zero-order chi connectivity index (χ0) is 42.8. The molecule has 9 nitrogen and oxygen atoms in total. The number of carbonyl (C=O) groups excluding carboxylic acids is 2. The Morgan fingerprint density at radius 2 is 0.966 bits per heavy atom. The van der Waals surface area contributed by atoms with Crippen LogP contribution in [0.15, 0.2) is 72.9 Å². The van der Waals surface area contributed by atoms with Crippen LogP contribution in [0.4, 0.5) is 0 Å². The molecule has 0 saturated heterocycles. The van der Waals surface area contributed by atoms with Gasteiger partial charge in [0.15, 0.2) is 6.10 Å². The lowest BCUT2D eigenvalue weighted by atomic mass is 10.1. The lowest BCUT2D eigenvalue weighted by molar-refractivity contribution is -0.870. The van der Waals surface area contributed by atoms with Crippen LogP contribution in [0.1, 0.15) is 168 Å². The molecule has 0 aromatic carbocycles. The van der Waals surface area contributed by atoms with Gasteiger partial charge in [-0.15, -0.1) is 0 Å². The summed E-state index contributed by atoms with van der Waals surface area (Å²) in [5, 5.41) is 0. The van der Waals surface area contributed by atoms with Crippen molar-refractivity contribution < 1.29 is 42.1 Å². The van der Waals surface area contributed by atoms with E-state index >= 15 is 0 Å². The first-order chi connectivity index (χ1) is 28.0. The van der Waals surface area contributed by atoms with Crippen LogP contribution in [-0.4, -0.2) is 70.0 Å². The Bertz CT molecular complexity index is 1220. The highest BCUT2D eigenvalue weighted by molar-refractivity contribution is 7.45. The first-order valence-electron chi connectivity index (χ1n) is 22.6. The summed E-state index contributed by atoms with van der Waals surface area (Å²) < 4.78 is 33.8. The molecular weight excluding hydrogens is 750 g/mol. The maximum atomic E-state index is 12.6. The maximum absolute atomic E-state index is 12.6. The van der Waals surface area contributed by atoms with Crippen LogP contribution in [0.25, 0.3) is 0 Å². The molecular formula is C48H84NO8P. The van der Waals surface area contributed by atoms with E-state index in [1.165, 1.54) is 77.0 Å². The van der Waals surface area contributed by atoms with Gasteiger partial charge in [0.25, 0.3) is 7.82 Å². The molecule has 0 radical (unpaired) electrons. The molecule has 0 rings (SSSR count). The number of esters is 2. The van der Waals surface area contributed by atoms with E-state index in [-0.39, 0.29) is 26.1 Å². The van der Waals surface area contributed by atoms with Gasteiger partial charge in [-0.1, -0.05) is 151 Å². The molecule has 0 aromatic heterocycles. The monoisotopic (exact) mass is 834 g/mol. The predicted molar refractivity (Wildman–Crippen MR) is 240 cm³/mol. The standard InChI is InChI=1S/C48H84NO8P/c1-6-8-10-12-14-16-18-20-22-23-24-25-27-29-31-33-35-37-39-41-48(51)57-46(45-56-58(52,53)55-43-42-49(3,4)5)44-54-47(50)40-38-36-34-32-30-28-26-21-19-17-15-13-11-9-7-2/h14,16,20,22,24-25,28-31,35,37,46H,6-13,15,17-19,21,23,26-27,32-34,36,38-45H2,1-5H3/b16-14+,22-20+,25-24+,30-28+,31-29+,37-35+/t46-/m1/s1. The van der Waals surface area contributed by atoms with Gasteiger partial charge in [-0.3, -0.25) is 14.2 Å². The molecule has 10 heteroatoms. The Labute approximate surface area is 355 Å². The number of carbonyl (C=O) groups is 2. The minimum atomic E-state index is -4.65. The number of ether oxygens (including phenoxy) is 2. The second-order valence-electron chi connectivity index (χ2n) is 16.1. The summed E-state index contributed by atoms with van der Waals surface area (Å²) in [6.45, 7) is 4.08. The molecule has 2 atom stereocenters. The van der Waals surface area contributed by atoms with E-state index in [1.807, 2.05) is 33.3 Å². The first-order valence-corrected chi connectivity index (χ1v) is 24.1. The third-order valence-corrected chi connectivity index (χ3v) is 10.2. The zero-order valence-electron chi connectivity index (χ0n) is 37.5. The topological polar surface area (TPSA) is 111 Å². The third-order valence-electron chi connectivity index (χ3n) is 9.21. The number of likely N-dealkylation sites (N-methyl/N-ethyl adjacent to an activating group) is 1. The van der Waals surface area contributed by atoms with Crippen LogP contribution in [0, 0.1) is 0 Å². The van der Waals surface area contributed by atoms with Crippen molar-refractivity contribution >= 4 is 19.8 Å². The number of quaternary nitrogens is 1. The predicted octanol–water partition coefficient (Wildman–Crippen LogP) is 12.4. The van der Waals surface area contributed by atoms with Gasteiger partial charge in [-0.05, 0) is 77.0 Å². The maximum Gasteiger partial charge on any atom is 0.306 e. The number of phosphoric ester groups is 1. The molecule has 0 saturated carbocycles. The van der Waals surface area contributed by atoms with Gasteiger partial charge in [0.2, 0.25) is 0 Å². The minimum absolute atomic E-state index is 0.0494. The van der Waals surface area contributed by atoms with Crippen molar-refractivity contribution in [3.63, 3.8) is 0 Å². The van der Waals surface area contributed by atoms with Crippen LogP contribution < -0.4 is 4.89 Å². The summed E-state index contributed by atoms with van der Waals surface area (Å²) >= 11 is 0. The van der Waals surface area contributed by atoms with Crippen molar-refractivity contribution in [2.75, 3.05) is 47.5 Å². The highest BCUT2D eigenvalue weighted by atomic mass is 31.2. The fourth-order valence-corrected chi connectivity index (χ4v) is 6.36. The van der Waals surface area contributed by atoms with E-state index in [9.17, 15) is 19.0 Å². The van der Waals surface area contributed by atoms with E-state index in [0.717, 1.165) is 51.4 Å². The van der Waals surface area contributed by atoms with Crippen LogP contribution >= 0.6 is 7.82 Å². The van der Waals surface area contributed by atoms with Gasteiger partial charge >= 0.3 is 11.9 Å². The molecule has 334 valence electrons. The fourth-order valence-electron chi connectivity index (χ4n) is 5.63. The Kier molecular flexibility index (Phi) is 38.1. The number of nitrogens with zero attached hydrogens (tertiary/aromatic N) is 1. The molecule has 1 unspecified atom stereocenters. The number of hydrogen-bond donors (Lipinski definition) is 0. The number of hydrogen-bond acceptors (Lipinski definition) is 8. The van der Waals surface area contributed by atoms with Gasteiger partial charge in [-0.2, -0.15) is 0 Å². The van der Waals surface area contributed by atoms with Crippen LogP contribution in [0.2, 0.25) is 0 Å². The van der Waals surface area contributed by atoms with Gasteiger partial charge in [0.05, 0.1) is 27.7 Å². The van der Waals surface area contributed by atoms with Crippen molar-refractivity contribution in [1.82, 2.24) is 0 Å². The van der Waals surface area contributed by atoms with E-state index < -0.39 is 32.5 Å². The molecule has 0 heterocycles. The fraction of sp³-hybridized carbons (Fsp3) is 0.708. The van der Waals surface area contributed by atoms with Crippen molar-refractivity contribution in [3.8, 4) is 0 Å². The van der Waals surface area contributed by atoms with Gasteiger partial charge in [0.1, 0.15) is 19.8 Å². The minimum Gasteiger partial charge on any atom is -0.756 e. The lowest BCUT2D eigenvalue weighted by Gasteiger charge is -2.28. The first kappa shape index (κ1) is 55.5. The Morgan fingerprint density at radius 3 is 1.50 bits per heavy atom. The van der Waals surface area contributed by atoms with Crippen molar-refractivity contribution in [2.24, 2.45) is 0 Å². The van der Waals surface area contributed by atoms with Crippen LogP contribution in [-0.2, 0) is 32.7 Å². The zero-order valence-corrected chi connectivity index (χ0v) is 38.4. The summed E-state index contributed by atoms with van der Waals surface area (Å²) in [4.78, 5) is 37.5. The molecule has 0 N–H and O–H groups in total. The summed E-state index contributed by atoms with van der Waals surface area (Å²) in [5.41, 5.74) is 0. The largest absolute Gasteiger partial charge is 0.756 e. The molecule has 0 amide bonds. The van der Waals surface area contributed by atoms with Crippen molar-refractivity contribution in [3.05, 3.63) is 72.9 Å². The quantitative estimate of drug-likeness (QED) is 0.0197. The Balaban J connectivity index is 4.51. The molecule has 0 aromatic rings. The average Bonchev–Trinajstić information content (AvgIpc) is 3.17. The van der Waals surface area contributed by atoms with E-state index in [0.29, 0.717) is 23.9 Å². The van der Waals surface area contributed by atoms with Crippen molar-refractivity contribution in [1.29, 1.82) is 0 Å². The second-order valence-corrected chi connectivity index (χ2v) is 17.5. The van der Waals surface area contributed by atoms with Crippen LogP contribution in [0.5, 0.6) is 0 Å². The molecule has 58 heavy (non-hydrogen) atoms. The lowest BCUT2D eigenvalue weighted by Crippen LogP contribution is -2.37. The van der Waals surface area contributed by atoms with Crippen LogP contribution in [0.3, 0.4) is 0 Å². The third kappa shape index (κ3) is 43.0. The molecule has 0 aliphatic heterocycles. The van der Waals surface area contributed by atoms with Gasteiger partial charge in [-0.25, -0.2) is 0 Å². The van der Waals surface area contributed by atoms with Gasteiger partial charge in [0, 0.05) is 12.8 Å². The summed E-state index contributed by atoms with van der Waals surface area (Å²) in [7, 11) is 1.10. The van der Waals surface area contributed by atoms with Gasteiger partial charge < -0.3 is 27.9 Å². The highest BCUT2D eigenvalue weighted by Crippen LogP contribution is 2.38. The normalized spacial score (nSPS) is 14.2. The molecule has 0 aliphatic rings. The Hall–Kier alpha value is -2.55. The highest BCUT2D eigenvalue weighted by Gasteiger charge is 2.21. The van der Waals surface area contributed by atoms with E-state index in [4.69, 9.17) is 18.5 Å². The summed E-state index contributed by atoms with van der Waals surface area (Å²) in [6, 6.07) is 0. The second kappa shape index (κ2) is 39.9. The molecule has 0 bridgehead atoms. The number of phosphoric acid groups is 1. The molecule has 0 spiro atoms. The smallest absolute Gasteiger partial charge is 0.306 e.